The number of nitrogens with two attached hydrogens (primary N) is 1. The highest BCUT2D eigenvalue weighted by atomic mass is 32.1. The van der Waals surface area contributed by atoms with E-state index in [1.807, 2.05) is 6.92 Å². The fraction of sp³-hybridized carbons (Fsp3) is 0.231. The first-order valence-corrected chi connectivity index (χ1v) is 6.71. The molecule has 0 spiro atoms. The number of aliphatic hydroxyl groups excluding tert-OH is 1. The second kappa shape index (κ2) is 5.81. The molecule has 0 saturated heterocycles. The van der Waals surface area contributed by atoms with Crippen LogP contribution >= 0.6 is 11.3 Å². The van der Waals surface area contributed by atoms with Crippen molar-refractivity contribution < 1.29 is 9.90 Å². The maximum Gasteiger partial charge on any atom is 0.277 e. The predicted molar refractivity (Wildman–Crippen MR) is 76.5 cm³/mol. The van der Waals surface area contributed by atoms with Crippen molar-refractivity contribution in [3.63, 3.8) is 0 Å². The lowest BCUT2D eigenvalue weighted by Gasteiger charge is -2.22. The van der Waals surface area contributed by atoms with Crippen LogP contribution in [0.2, 0.25) is 0 Å². The van der Waals surface area contributed by atoms with Crippen molar-refractivity contribution in [3.05, 3.63) is 40.3 Å². The van der Waals surface area contributed by atoms with E-state index in [9.17, 15) is 4.79 Å². The summed E-state index contributed by atoms with van der Waals surface area (Å²) in [6.45, 7) is 1.89. The van der Waals surface area contributed by atoms with Crippen molar-refractivity contribution in [2.75, 3.05) is 23.8 Å². The number of hydrogen-bond donors (Lipinski definition) is 2. The number of thiazole rings is 1. The number of carbonyl (C=O) groups is 1. The Kier molecular flexibility index (Phi) is 4.13. The van der Waals surface area contributed by atoms with Gasteiger partial charge in [-0.2, -0.15) is 0 Å². The molecular formula is C13H15N3O2S. The molecule has 0 bridgehead atoms. The molecule has 5 nitrogen and oxygen atoms in total. The monoisotopic (exact) mass is 277 g/mol. The van der Waals surface area contributed by atoms with Gasteiger partial charge in [0.25, 0.3) is 5.91 Å². The SMILES string of the molecule is Cc1nc(C(=O)N(CCO)c2ccccc2N)cs1. The van der Waals surface area contributed by atoms with Crippen molar-refractivity contribution in [1.82, 2.24) is 4.98 Å². The van der Waals surface area contributed by atoms with Crippen LogP contribution in [0.4, 0.5) is 11.4 Å². The number of rotatable bonds is 4. The molecule has 6 heteroatoms. The highest BCUT2D eigenvalue weighted by Crippen LogP contribution is 2.24. The van der Waals surface area contributed by atoms with Crippen LogP contribution in [0.15, 0.2) is 29.6 Å². The summed E-state index contributed by atoms with van der Waals surface area (Å²) in [4.78, 5) is 18.0. The number of carbonyl (C=O) groups excluding carboxylic acids is 1. The van der Waals surface area contributed by atoms with E-state index in [-0.39, 0.29) is 19.1 Å². The van der Waals surface area contributed by atoms with Crippen molar-refractivity contribution in [2.45, 2.75) is 6.92 Å². The number of aryl methyl sites for hydroxylation is 1. The van der Waals surface area contributed by atoms with Gasteiger partial charge in [-0.3, -0.25) is 4.79 Å². The predicted octanol–water partition coefficient (Wildman–Crippen LogP) is 1.67. The topological polar surface area (TPSA) is 79.5 Å². The number of benzene rings is 1. The van der Waals surface area contributed by atoms with Gasteiger partial charge in [0.05, 0.1) is 23.0 Å². The van der Waals surface area contributed by atoms with Gasteiger partial charge in [0.2, 0.25) is 0 Å². The van der Waals surface area contributed by atoms with Crippen LogP contribution in [0.5, 0.6) is 0 Å². The molecule has 1 aromatic heterocycles. The first-order chi connectivity index (χ1) is 9.13. The summed E-state index contributed by atoms with van der Waals surface area (Å²) in [5.41, 5.74) is 7.34. The maximum atomic E-state index is 12.4. The lowest BCUT2D eigenvalue weighted by Crippen LogP contribution is -2.34. The van der Waals surface area contributed by atoms with E-state index in [2.05, 4.69) is 4.98 Å². The van der Waals surface area contributed by atoms with Crippen LogP contribution in [0.25, 0.3) is 0 Å². The van der Waals surface area contributed by atoms with Gasteiger partial charge in [0.15, 0.2) is 0 Å². The Labute approximate surface area is 115 Å². The number of anilines is 2. The zero-order valence-corrected chi connectivity index (χ0v) is 11.4. The summed E-state index contributed by atoms with van der Waals surface area (Å²) in [5.74, 6) is -0.253. The van der Waals surface area contributed by atoms with E-state index in [4.69, 9.17) is 10.8 Å². The van der Waals surface area contributed by atoms with Gasteiger partial charge in [-0.15, -0.1) is 11.3 Å². The van der Waals surface area contributed by atoms with E-state index in [0.717, 1.165) is 5.01 Å². The van der Waals surface area contributed by atoms with Gasteiger partial charge in [0, 0.05) is 11.9 Å². The van der Waals surface area contributed by atoms with Crippen LogP contribution in [0.1, 0.15) is 15.5 Å². The van der Waals surface area contributed by atoms with Crippen LogP contribution in [-0.2, 0) is 0 Å². The molecule has 0 unspecified atom stereocenters. The molecule has 1 aromatic carbocycles. The third kappa shape index (κ3) is 2.91. The molecule has 0 saturated carbocycles. The molecule has 1 heterocycles. The number of nitrogen functional groups attached to an aromatic ring is 1. The van der Waals surface area contributed by atoms with Gasteiger partial charge >= 0.3 is 0 Å². The summed E-state index contributed by atoms with van der Waals surface area (Å²) < 4.78 is 0. The summed E-state index contributed by atoms with van der Waals surface area (Å²) in [5, 5.41) is 11.7. The van der Waals surface area contributed by atoms with E-state index in [0.29, 0.717) is 17.1 Å². The lowest BCUT2D eigenvalue weighted by atomic mass is 10.2. The first kappa shape index (κ1) is 13.5. The van der Waals surface area contributed by atoms with Crippen LogP contribution < -0.4 is 10.6 Å². The number of amides is 1. The van der Waals surface area contributed by atoms with Crippen molar-refractivity contribution in [3.8, 4) is 0 Å². The number of aliphatic hydroxyl groups is 1. The summed E-state index contributed by atoms with van der Waals surface area (Å²) in [6, 6.07) is 7.07. The number of aromatic nitrogens is 1. The van der Waals surface area contributed by atoms with Crippen molar-refractivity contribution >= 4 is 28.6 Å². The zero-order chi connectivity index (χ0) is 13.8. The third-order valence-corrected chi connectivity index (χ3v) is 3.41. The van der Waals surface area contributed by atoms with Gasteiger partial charge < -0.3 is 15.7 Å². The molecule has 0 atom stereocenters. The van der Waals surface area contributed by atoms with Gasteiger partial charge in [-0.25, -0.2) is 4.98 Å². The minimum Gasteiger partial charge on any atom is -0.397 e. The van der Waals surface area contributed by atoms with E-state index in [1.165, 1.54) is 16.2 Å². The highest BCUT2D eigenvalue weighted by molar-refractivity contribution is 7.09. The van der Waals surface area contributed by atoms with Gasteiger partial charge in [0.1, 0.15) is 5.69 Å². The van der Waals surface area contributed by atoms with E-state index >= 15 is 0 Å². The third-order valence-electron chi connectivity index (χ3n) is 2.63. The van der Waals surface area contributed by atoms with Crippen LogP contribution in [0, 0.1) is 6.92 Å². The highest BCUT2D eigenvalue weighted by Gasteiger charge is 2.20. The Morgan fingerprint density at radius 1 is 1.47 bits per heavy atom. The summed E-state index contributed by atoms with van der Waals surface area (Å²) in [6.07, 6.45) is 0. The van der Waals surface area contributed by atoms with Crippen molar-refractivity contribution in [1.29, 1.82) is 0 Å². The molecule has 0 aliphatic carbocycles. The average Bonchev–Trinajstić information content (AvgIpc) is 2.83. The number of nitrogens with zero attached hydrogens (tertiary/aromatic N) is 2. The molecule has 1 amide bonds. The summed E-state index contributed by atoms with van der Waals surface area (Å²) >= 11 is 1.42. The molecular weight excluding hydrogens is 262 g/mol. The number of para-hydroxylation sites is 2. The Morgan fingerprint density at radius 2 is 2.21 bits per heavy atom. The molecule has 100 valence electrons. The van der Waals surface area contributed by atoms with Crippen LogP contribution in [-0.4, -0.2) is 29.1 Å². The van der Waals surface area contributed by atoms with Crippen molar-refractivity contribution in [2.24, 2.45) is 0 Å². The maximum absolute atomic E-state index is 12.4. The lowest BCUT2D eigenvalue weighted by molar-refractivity contribution is 0.0977. The minimum absolute atomic E-state index is 0.136. The van der Waals surface area contributed by atoms with Gasteiger partial charge in [-0.05, 0) is 19.1 Å². The van der Waals surface area contributed by atoms with E-state index in [1.54, 1.807) is 29.6 Å². The number of hydrogen-bond acceptors (Lipinski definition) is 5. The summed E-state index contributed by atoms with van der Waals surface area (Å²) in [7, 11) is 0. The second-order valence-electron chi connectivity index (χ2n) is 3.99. The fourth-order valence-corrected chi connectivity index (χ4v) is 2.35. The van der Waals surface area contributed by atoms with E-state index < -0.39 is 0 Å². The molecule has 2 rings (SSSR count). The smallest absolute Gasteiger partial charge is 0.277 e. The molecule has 0 fully saturated rings. The Morgan fingerprint density at radius 3 is 2.79 bits per heavy atom. The van der Waals surface area contributed by atoms with Gasteiger partial charge in [-0.1, -0.05) is 12.1 Å². The zero-order valence-electron chi connectivity index (χ0n) is 10.5. The molecule has 0 aliphatic rings. The molecule has 2 aromatic rings. The Balaban J connectivity index is 2.35. The molecule has 19 heavy (non-hydrogen) atoms. The normalized spacial score (nSPS) is 10.4. The molecule has 0 radical (unpaired) electrons. The average molecular weight is 277 g/mol. The minimum atomic E-state index is -0.253. The Hall–Kier alpha value is -1.92. The molecule has 0 aliphatic heterocycles. The van der Waals surface area contributed by atoms with Crippen LogP contribution in [0.3, 0.4) is 0 Å². The second-order valence-corrected chi connectivity index (χ2v) is 5.05. The largest absolute Gasteiger partial charge is 0.397 e. The first-order valence-electron chi connectivity index (χ1n) is 5.83. The molecule has 3 N–H and O–H groups in total. The fourth-order valence-electron chi connectivity index (χ4n) is 1.76. The standard InChI is InChI=1S/C13H15N3O2S/c1-9-15-11(8-19-9)13(18)16(6-7-17)12-5-3-2-4-10(12)14/h2-5,8,17H,6-7,14H2,1H3. The Bertz CT molecular complexity index is 583. The quantitative estimate of drug-likeness (QED) is 0.833.